The molecule has 1 saturated heterocycles. The smallest absolute Gasteiger partial charge is 0.228 e. The number of piperidine rings is 1. The summed E-state index contributed by atoms with van der Waals surface area (Å²) >= 11 is 0. The lowest BCUT2D eigenvalue weighted by Gasteiger charge is -2.22. The van der Waals surface area contributed by atoms with E-state index in [4.69, 9.17) is 10.5 Å². The number of nitrogens with two attached hydrogens (primary N) is 1. The Morgan fingerprint density at radius 1 is 1.38 bits per heavy atom. The number of hydrogen-bond donors (Lipinski definition) is 3. The van der Waals surface area contributed by atoms with Crippen molar-refractivity contribution in [2.24, 2.45) is 11.7 Å². The molecule has 0 aliphatic carbocycles. The molecule has 6 heteroatoms. The molecule has 1 unspecified atom stereocenters. The minimum atomic E-state index is -0.412. The highest BCUT2D eigenvalue weighted by Gasteiger charge is 2.21. The van der Waals surface area contributed by atoms with Crippen molar-refractivity contribution in [3.05, 3.63) is 24.3 Å². The van der Waals surface area contributed by atoms with Crippen molar-refractivity contribution >= 4 is 17.5 Å². The molecule has 1 atom stereocenters. The van der Waals surface area contributed by atoms with Gasteiger partial charge in [0.2, 0.25) is 11.8 Å². The minimum Gasteiger partial charge on any atom is -0.491 e. The van der Waals surface area contributed by atoms with Crippen molar-refractivity contribution in [3.63, 3.8) is 0 Å². The third kappa shape index (κ3) is 4.75. The fourth-order valence-corrected chi connectivity index (χ4v) is 2.27. The summed E-state index contributed by atoms with van der Waals surface area (Å²) in [5.41, 5.74) is 5.70. The van der Waals surface area contributed by atoms with Crippen LogP contribution in [-0.4, -0.2) is 31.5 Å². The van der Waals surface area contributed by atoms with Crippen molar-refractivity contribution in [1.82, 2.24) is 5.32 Å². The minimum absolute atomic E-state index is 0.00634. The molecule has 1 aromatic carbocycles. The molecule has 0 aromatic heterocycles. The Morgan fingerprint density at radius 3 is 2.90 bits per heavy atom. The molecule has 0 spiro atoms. The third-order valence-corrected chi connectivity index (χ3v) is 3.42. The van der Waals surface area contributed by atoms with Crippen LogP contribution in [-0.2, 0) is 9.59 Å². The lowest BCUT2D eigenvalue weighted by Crippen LogP contribution is -2.37. The molecule has 2 rings (SSSR count). The number of nitrogens with one attached hydrogen (secondary N) is 2. The number of primary amides is 1. The first-order valence-corrected chi connectivity index (χ1v) is 7.18. The Kier molecular flexibility index (Phi) is 5.57. The summed E-state index contributed by atoms with van der Waals surface area (Å²) in [6.45, 7) is 1.88. The first-order chi connectivity index (χ1) is 10.2. The predicted octanol–water partition coefficient (Wildman–Crippen LogP) is 0.879. The van der Waals surface area contributed by atoms with E-state index in [-0.39, 0.29) is 24.9 Å². The molecule has 0 bridgehead atoms. The first kappa shape index (κ1) is 15.3. The van der Waals surface area contributed by atoms with Crippen molar-refractivity contribution in [2.45, 2.75) is 19.3 Å². The number of hydrogen-bond acceptors (Lipinski definition) is 4. The highest BCUT2D eigenvalue weighted by Crippen LogP contribution is 2.25. The van der Waals surface area contributed by atoms with Crippen LogP contribution in [0.2, 0.25) is 0 Å². The number of rotatable bonds is 6. The molecule has 1 heterocycles. The molecule has 1 aliphatic rings. The number of carbonyl (C=O) groups excluding carboxylic acids is 2. The summed E-state index contributed by atoms with van der Waals surface area (Å²) in [5.74, 6) is 0.117. The maximum absolute atomic E-state index is 12.2. The second-order valence-corrected chi connectivity index (χ2v) is 5.09. The van der Waals surface area contributed by atoms with E-state index in [0.29, 0.717) is 18.0 Å². The summed E-state index contributed by atoms with van der Waals surface area (Å²) in [6, 6.07) is 7.19. The molecule has 114 valence electrons. The molecule has 1 fully saturated rings. The van der Waals surface area contributed by atoms with Gasteiger partial charge in [-0.05, 0) is 31.5 Å². The van der Waals surface area contributed by atoms with E-state index < -0.39 is 5.91 Å². The average Bonchev–Trinajstić information content (AvgIpc) is 2.49. The number of benzene rings is 1. The molecule has 21 heavy (non-hydrogen) atoms. The van der Waals surface area contributed by atoms with Gasteiger partial charge in [0.05, 0.1) is 24.6 Å². The van der Waals surface area contributed by atoms with Crippen LogP contribution in [0, 0.1) is 5.92 Å². The fourth-order valence-electron chi connectivity index (χ4n) is 2.27. The van der Waals surface area contributed by atoms with Gasteiger partial charge in [-0.1, -0.05) is 12.1 Å². The monoisotopic (exact) mass is 291 g/mol. The SMILES string of the molecule is NC(=O)CCOc1ccccc1NC(=O)C1CCCNC1. The Labute approximate surface area is 124 Å². The Hall–Kier alpha value is -2.08. The van der Waals surface area contributed by atoms with Gasteiger partial charge in [0, 0.05) is 6.54 Å². The van der Waals surface area contributed by atoms with Gasteiger partial charge in [0.15, 0.2) is 0 Å². The summed E-state index contributed by atoms with van der Waals surface area (Å²) in [6.07, 6.45) is 2.05. The summed E-state index contributed by atoms with van der Waals surface area (Å²) < 4.78 is 5.51. The molecule has 2 amide bonds. The van der Waals surface area contributed by atoms with E-state index in [9.17, 15) is 9.59 Å². The normalized spacial score (nSPS) is 18.0. The van der Waals surface area contributed by atoms with Crippen molar-refractivity contribution in [1.29, 1.82) is 0 Å². The maximum atomic E-state index is 12.2. The van der Waals surface area contributed by atoms with Crippen LogP contribution in [0.3, 0.4) is 0 Å². The van der Waals surface area contributed by atoms with Crippen LogP contribution >= 0.6 is 0 Å². The molecule has 6 nitrogen and oxygen atoms in total. The summed E-state index contributed by atoms with van der Waals surface area (Å²) in [7, 11) is 0. The van der Waals surface area contributed by atoms with E-state index in [0.717, 1.165) is 19.4 Å². The molecular formula is C15H21N3O3. The molecule has 1 aromatic rings. The topological polar surface area (TPSA) is 93.5 Å². The van der Waals surface area contributed by atoms with Gasteiger partial charge in [0.1, 0.15) is 5.75 Å². The number of carbonyl (C=O) groups is 2. The van der Waals surface area contributed by atoms with Crippen LogP contribution < -0.4 is 21.1 Å². The second-order valence-electron chi connectivity index (χ2n) is 5.09. The molecular weight excluding hydrogens is 270 g/mol. The van der Waals surface area contributed by atoms with Crippen LogP contribution in [0.15, 0.2) is 24.3 Å². The van der Waals surface area contributed by atoms with E-state index in [1.165, 1.54) is 0 Å². The van der Waals surface area contributed by atoms with Gasteiger partial charge in [-0.15, -0.1) is 0 Å². The predicted molar refractivity (Wildman–Crippen MR) is 80.0 cm³/mol. The van der Waals surface area contributed by atoms with E-state index in [1.54, 1.807) is 12.1 Å². The second kappa shape index (κ2) is 7.64. The fraction of sp³-hybridized carbons (Fsp3) is 0.467. The standard InChI is InChI=1S/C15H21N3O3/c16-14(19)7-9-21-13-6-2-1-5-12(13)18-15(20)11-4-3-8-17-10-11/h1-2,5-6,11,17H,3-4,7-10H2,(H2,16,19)(H,18,20). The number of anilines is 1. The van der Waals surface area contributed by atoms with Gasteiger partial charge in [-0.2, -0.15) is 0 Å². The van der Waals surface area contributed by atoms with Crippen LogP contribution in [0.1, 0.15) is 19.3 Å². The van der Waals surface area contributed by atoms with E-state index in [1.807, 2.05) is 12.1 Å². The van der Waals surface area contributed by atoms with E-state index >= 15 is 0 Å². The number of ether oxygens (including phenoxy) is 1. The third-order valence-electron chi connectivity index (χ3n) is 3.42. The zero-order valence-corrected chi connectivity index (χ0v) is 11.9. The molecule has 0 saturated carbocycles. The van der Waals surface area contributed by atoms with Crippen molar-refractivity contribution < 1.29 is 14.3 Å². The van der Waals surface area contributed by atoms with Gasteiger partial charge in [-0.3, -0.25) is 9.59 Å². The van der Waals surface area contributed by atoms with Crippen molar-refractivity contribution in [3.8, 4) is 5.75 Å². The number of para-hydroxylation sites is 2. The van der Waals surface area contributed by atoms with Gasteiger partial charge in [-0.25, -0.2) is 0 Å². The Morgan fingerprint density at radius 2 is 2.19 bits per heavy atom. The zero-order chi connectivity index (χ0) is 15.1. The lowest BCUT2D eigenvalue weighted by molar-refractivity contribution is -0.120. The van der Waals surface area contributed by atoms with Gasteiger partial charge >= 0.3 is 0 Å². The van der Waals surface area contributed by atoms with Gasteiger partial charge < -0.3 is 21.1 Å². The van der Waals surface area contributed by atoms with Crippen LogP contribution in [0.4, 0.5) is 5.69 Å². The number of amides is 2. The summed E-state index contributed by atoms with van der Waals surface area (Å²) in [5, 5.41) is 6.12. The molecule has 1 aliphatic heterocycles. The average molecular weight is 291 g/mol. The molecule has 4 N–H and O–H groups in total. The van der Waals surface area contributed by atoms with Crippen molar-refractivity contribution in [2.75, 3.05) is 25.0 Å². The van der Waals surface area contributed by atoms with Gasteiger partial charge in [0.25, 0.3) is 0 Å². The Balaban J connectivity index is 1.95. The van der Waals surface area contributed by atoms with Crippen LogP contribution in [0.5, 0.6) is 5.75 Å². The quantitative estimate of drug-likeness (QED) is 0.725. The maximum Gasteiger partial charge on any atom is 0.228 e. The highest BCUT2D eigenvalue weighted by molar-refractivity contribution is 5.94. The largest absolute Gasteiger partial charge is 0.491 e. The zero-order valence-electron chi connectivity index (χ0n) is 11.9. The molecule has 0 radical (unpaired) electrons. The van der Waals surface area contributed by atoms with Crippen LogP contribution in [0.25, 0.3) is 0 Å². The first-order valence-electron chi connectivity index (χ1n) is 7.18. The van der Waals surface area contributed by atoms with E-state index in [2.05, 4.69) is 10.6 Å². The summed E-state index contributed by atoms with van der Waals surface area (Å²) in [4.78, 5) is 22.9. The highest BCUT2D eigenvalue weighted by atomic mass is 16.5. The Bertz CT molecular complexity index is 499. The lowest BCUT2D eigenvalue weighted by atomic mass is 9.99.